The molecule has 5 rings (SSSR count). The molecule has 1 saturated heterocycles. The third kappa shape index (κ3) is 4.67. The number of fused-ring (bicyclic) bond motifs is 2. The van der Waals surface area contributed by atoms with Crippen molar-refractivity contribution in [3.8, 4) is 5.75 Å². The van der Waals surface area contributed by atoms with Gasteiger partial charge in [-0.15, -0.1) is 0 Å². The summed E-state index contributed by atoms with van der Waals surface area (Å²) >= 11 is 0. The maximum Gasteiger partial charge on any atom is 0.162 e. The first-order valence-corrected chi connectivity index (χ1v) is 11.9. The van der Waals surface area contributed by atoms with Crippen LogP contribution in [-0.2, 0) is 9.47 Å². The molecular weight excluding hydrogens is 460 g/mol. The van der Waals surface area contributed by atoms with Crippen LogP contribution < -0.4 is 15.4 Å². The van der Waals surface area contributed by atoms with Gasteiger partial charge in [-0.1, -0.05) is 6.92 Å². The average Bonchev–Trinajstić information content (AvgIpc) is 3.37. The van der Waals surface area contributed by atoms with Crippen molar-refractivity contribution in [3.05, 3.63) is 48.9 Å². The lowest BCUT2D eigenvalue weighted by Gasteiger charge is -2.29. The fourth-order valence-electron chi connectivity index (χ4n) is 4.67. The largest absolute Gasteiger partial charge is 0.491 e. The standard InChI is InChI=1S/C26H32N6O4/c1-15-20(13-34-17-8-6-16-7-9-21(27)30-19(16)12-17)35-25(22(15)36-26(2,3)33)32-11-10-18-23(31(4)5)28-14-29-24(18)32/h6-12,14-15,20,22,25,33H,13H2,1-5H3,(H2,27,30)/t15?,20-,22-,25-/m1/s1. The van der Waals surface area contributed by atoms with E-state index in [1.165, 1.54) is 0 Å². The molecule has 1 fully saturated rings. The van der Waals surface area contributed by atoms with Gasteiger partial charge in [0.1, 0.15) is 42.1 Å². The summed E-state index contributed by atoms with van der Waals surface area (Å²) in [6, 6.07) is 11.4. The molecule has 0 aliphatic carbocycles. The topological polar surface area (TPSA) is 121 Å². The van der Waals surface area contributed by atoms with Crippen LogP contribution in [0, 0.1) is 5.92 Å². The van der Waals surface area contributed by atoms with Crippen molar-refractivity contribution in [1.29, 1.82) is 0 Å². The minimum atomic E-state index is -1.34. The number of benzene rings is 1. The van der Waals surface area contributed by atoms with E-state index in [1.807, 2.05) is 67.0 Å². The Bertz CT molecular complexity index is 1380. The smallest absolute Gasteiger partial charge is 0.162 e. The summed E-state index contributed by atoms with van der Waals surface area (Å²) in [6.45, 7) is 5.58. The van der Waals surface area contributed by atoms with E-state index >= 15 is 0 Å². The van der Waals surface area contributed by atoms with Gasteiger partial charge >= 0.3 is 0 Å². The van der Waals surface area contributed by atoms with E-state index in [4.69, 9.17) is 19.9 Å². The molecule has 1 aliphatic rings. The minimum Gasteiger partial charge on any atom is -0.491 e. The Morgan fingerprint density at radius 2 is 1.94 bits per heavy atom. The molecule has 1 aromatic carbocycles. The van der Waals surface area contributed by atoms with E-state index in [0.717, 1.165) is 27.8 Å². The van der Waals surface area contributed by atoms with E-state index in [9.17, 15) is 5.11 Å². The quantitative estimate of drug-likeness (QED) is 0.374. The Hall–Kier alpha value is -3.47. The van der Waals surface area contributed by atoms with Crippen molar-refractivity contribution in [2.75, 3.05) is 31.3 Å². The lowest BCUT2D eigenvalue weighted by Crippen LogP contribution is -2.37. The molecule has 0 amide bonds. The lowest BCUT2D eigenvalue weighted by molar-refractivity contribution is -0.227. The maximum absolute atomic E-state index is 10.5. The molecule has 4 heterocycles. The number of hydrogen-bond acceptors (Lipinski definition) is 9. The summed E-state index contributed by atoms with van der Waals surface area (Å²) in [6.07, 6.45) is 2.22. The van der Waals surface area contributed by atoms with Gasteiger partial charge in [-0.05, 0) is 44.2 Å². The zero-order chi connectivity index (χ0) is 25.6. The highest BCUT2D eigenvalue weighted by Gasteiger charge is 2.46. The predicted molar refractivity (Wildman–Crippen MR) is 138 cm³/mol. The molecule has 190 valence electrons. The van der Waals surface area contributed by atoms with Gasteiger partial charge in [-0.2, -0.15) is 0 Å². The summed E-state index contributed by atoms with van der Waals surface area (Å²) in [4.78, 5) is 15.2. The Kier molecular flexibility index (Phi) is 6.19. The van der Waals surface area contributed by atoms with E-state index < -0.39 is 18.1 Å². The number of anilines is 2. The second kappa shape index (κ2) is 9.20. The highest BCUT2D eigenvalue weighted by Crippen LogP contribution is 2.40. The van der Waals surface area contributed by atoms with Crippen molar-refractivity contribution in [3.63, 3.8) is 0 Å². The van der Waals surface area contributed by atoms with Gasteiger partial charge in [0.2, 0.25) is 0 Å². The van der Waals surface area contributed by atoms with Gasteiger partial charge < -0.3 is 34.5 Å². The molecule has 0 spiro atoms. The molecule has 36 heavy (non-hydrogen) atoms. The van der Waals surface area contributed by atoms with E-state index in [0.29, 0.717) is 18.2 Å². The number of hydrogen-bond donors (Lipinski definition) is 2. The fourth-order valence-corrected chi connectivity index (χ4v) is 4.67. The van der Waals surface area contributed by atoms with Crippen molar-refractivity contribution in [2.45, 2.75) is 45.0 Å². The van der Waals surface area contributed by atoms with Crippen LogP contribution in [0.3, 0.4) is 0 Å². The normalized spacial score (nSPS) is 22.4. The predicted octanol–water partition coefficient (Wildman–Crippen LogP) is 3.35. The van der Waals surface area contributed by atoms with Crippen molar-refractivity contribution in [1.82, 2.24) is 19.5 Å². The van der Waals surface area contributed by atoms with Crippen molar-refractivity contribution < 1.29 is 19.3 Å². The number of ether oxygens (including phenoxy) is 3. The van der Waals surface area contributed by atoms with E-state index in [2.05, 4.69) is 15.0 Å². The number of pyridine rings is 1. The number of nitrogen functional groups attached to an aromatic ring is 1. The van der Waals surface area contributed by atoms with Gasteiger partial charge in [0.15, 0.2) is 12.0 Å². The summed E-state index contributed by atoms with van der Waals surface area (Å²) in [5, 5.41) is 12.4. The van der Waals surface area contributed by atoms with Crippen LogP contribution in [0.1, 0.15) is 27.0 Å². The molecule has 4 aromatic rings. The molecule has 0 radical (unpaired) electrons. The second-order valence-corrected chi connectivity index (χ2v) is 9.91. The fraction of sp³-hybridized carbons (Fsp3) is 0.423. The zero-order valence-corrected chi connectivity index (χ0v) is 21.1. The Balaban J connectivity index is 1.42. The zero-order valence-electron chi connectivity index (χ0n) is 21.1. The lowest BCUT2D eigenvalue weighted by atomic mass is 10.00. The molecule has 10 nitrogen and oxygen atoms in total. The summed E-state index contributed by atoms with van der Waals surface area (Å²) < 4.78 is 20.7. The van der Waals surface area contributed by atoms with Gasteiger partial charge in [0.25, 0.3) is 0 Å². The monoisotopic (exact) mass is 492 g/mol. The molecular formula is C26H32N6O4. The Morgan fingerprint density at radius 1 is 1.17 bits per heavy atom. The number of rotatable bonds is 7. The van der Waals surface area contributed by atoms with Gasteiger partial charge in [0, 0.05) is 37.7 Å². The average molecular weight is 493 g/mol. The van der Waals surface area contributed by atoms with Crippen molar-refractivity contribution in [2.24, 2.45) is 5.92 Å². The number of nitrogens with zero attached hydrogens (tertiary/aromatic N) is 5. The van der Waals surface area contributed by atoms with Gasteiger partial charge in [0.05, 0.1) is 17.0 Å². The van der Waals surface area contributed by atoms with Crippen LogP contribution in [0.2, 0.25) is 0 Å². The Morgan fingerprint density at radius 3 is 2.69 bits per heavy atom. The molecule has 0 bridgehead atoms. The summed E-state index contributed by atoms with van der Waals surface area (Å²) in [7, 11) is 3.88. The maximum atomic E-state index is 10.5. The highest BCUT2D eigenvalue weighted by molar-refractivity contribution is 5.87. The van der Waals surface area contributed by atoms with Crippen LogP contribution in [0.15, 0.2) is 48.9 Å². The van der Waals surface area contributed by atoms with Crippen molar-refractivity contribution >= 4 is 33.6 Å². The SMILES string of the molecule is CC1[C@@H](OC(C)(C)O)[C@H](n2ccc3c(N(C)C)ncnc32)O[C@@H]1COc1ccc2ccc(N)nc2c1. The molecule has 0 saturated carbocycles. The number of nitrogens with two attached hydrogens (primary N) is 1. The van der Waals surface area contributed by atoms with Crippen LogP contribution in [0.4, 0.5) is 11.6 Å². The third-order valence-corrected chi connectivity index (χ3v) is 6.41. The number of aliphatic hydroxyl groups is 1. The Labute approximate surface area is 209 Å². The second-order valence-electron chi connectivity index (χ2n) is 9.91. The third-order valence-electron chi connectivity index (χ3n) is 6.41. The van der Waals surface area contributed by atoms with Crippen LogP contribution in [0.5, 0.6) is 5.75 Å². The molecule has 4 atom stereocenters. The van der Waals surface area contributed by atoms with E-state index in [-0.39, 0.29) is 12.0 Å². The molecule has 10 heteroatoms. The minimum absolute atomic E-state index is 0.0803. The van der Waals surface area contributed by atoms with Gasteiger partial charge in [-0.25, -0.2) is 15.0 Å². The first-order valence-electron chi connectivity index (χ1n) is 11.9. The van der Waals surface area contributed by atoms with Crippen LogP contribution in [0.25, 0.3) is 21.9 Å². The molecule has 3 N–H and O–H groups in total. The molecule has 1 aliphatic heterocycles. The summed E-state index contributed by atoms with van der Waals surface area (Å²) in [5.41, 5.74) is 7.34. The highest BCUT2D eigenvalue weighted by atomic mass is 16.7. The van der Waals surface area contributed by atoms with Crippen LogP contribution >= 0.6 is 0 Å². The molecule has 1 unspecified atom stereocenters. The van der Waals surface area contributed by atoms with Crippen LogP contribution in [-0.4, -0.2) is 63.3 Å². The molecule has 3 aromatic heterocycles. The first-order chi connectivity index (χ1) is 17.1. The van der Waals surface area contributed by atoms with Gasteiger partial charge in [-0.3, -0.25) is 0 Å². The first kappa shape index (κ1) is 24.2. The van der Waals surface area contributed by atoms with E-state index in [1.54, 1.807) is 26.2 Å². The summed E-state index contributed by atoms with van der Waals surface area (Å²) in [5.74, 6) is 0.530. The number of aromatic nitrogens is 4.